The number of carbonyl (C=O) groups excluding carboxylic acids is 1. The lowest BCUT2D eigenvalue weighted by Gasteiger charge is -2.39. The van der Waals surface area contributed by atoms with Gasteiger partial charge in [-0.05, 0) is 63.5 Å². The Kier molecular flexibility index (Phi) is 5.65. The Hall–Kier alpha value is -2.48. The molecule has 2 aliphatic rings. The van der Waals surface area contributed by atoms with Crippen LogP contribution in [0, 0.1) is 12.8 Å². The molecule has 0 aliphatic carbocycles. The van der Waals surface area contributed by atoms with Crippen molar-refractivity contribution in [3.63, 3.8) is 0 Å². The number of halogens is 1. The van der Waals surface area contributed by atoms with Gasteiger partial charge >= 0.3 is 0 Å². The van der Waals surface area contributed by atoms with E-state index >= 15 is 0 Å². The van der Waals surface area contributed by atoms with Crippen molar-refractivity contribution in [2.75, 3.05) is 6.67 Å². The van der Waals surface area contributed by atoms with E-state index in [1.807, 2.05) is 19.1 Å². The van der Waals surface area contributed by atoms with Crippen LogP contribution in [0.1, 0.15) is 49.2 Å². The fraction of sp³-hybridized carbons (Fsp3) is 0.522. The van der Waals surface area contributed by atoms with Crippen molar-refractivity contribution in [1.82, 2.24) is 25.1 Å². The highest BCUT2D eigenvalue weighted by Gasteiger charge is 2.42. The standard InChI is InChI=1S/C23H26FN5OS/c1-14-27-28-23(31-14)17-9-16-10-18(25-13-21(16)26-12-17)11-22(30)29-19-4-5-20(29)8-15(7-19)3-2-6-24/h9-10,12-13,15,19-20H,2-8,11H2,1H3/t15?,19-,20+. The number of hydrogen-bond acceptors (Lipinski definition) is 6. The molecule has 0 aromatic carbocycles. The highest BCUT2D eigenvalue weighted by Crippen LogP contribution is 2.40. The normalized spacial score (nSPS) is 22.9. The third-order valence-electron chi connectivity index (χ3n) is 6.59. The molecule has 2 bridgehead atoms. The van der Waals surface area contributed by atoms with Crippen molar-refractivity contribution in [2.24, 2.45) is 5.92 Å². The van der Waals surface area contributed by atoms with E-state index in [1.165, 1.54) is 11.3 Å². The number of aromatic nitrogens is 4. The summed E-state index contributed by atoms with van der Waals surface area (Å²) in [5, 5.41) is 11.0. The number of pyridine rings is 2. The Bertz CT molecular complexity index is 1090. The van der Waals surface area contributed by atoms with E-state index in [-0.39, 0.29) is 12.6 Å². The highest BCUT2D eigenvalue weighted by molar-refractivity contribution is 7.14. The number of fused-ring (bicyclic) bond motifs is 3. The molecule has 0 radical (unpaired) electrons. The maximum Gasteiger partial charge on any atom is 0.229 e. The second kappa shape index (κ2) is 8.57. The van der Waals surface area contributed by atoms with E-state index in [2.05, 4.69) is 25.1 Å². The summed E-state index contributed by atoms with van der Waals surface area (Å²) in [4.78, 5) is 24.3. The van der Waals surface area contributed by atoms with Crippen LogP contribution in [0.3, 0.4) is 0 Å². The molecular formula is C23H26FN5OS. The molecule has 2 fully saturated rings. The van der Waals surface area contributed by atoms with Crippen LogP contribution in [-0.4, -0.2) is 49.7 Å². The number of nitrogens with zero attached hydrogens (tertiary/aromatic N) is 5. The maximum absolute atomic E-state index is 13.2. The molecule has 6 nitrogen and oxygen atoms in total. The summed E-state index contributed by atoms with van der Waals surface area (Å²) in [7, 11) is 0. The average Bonchev–Trinajstić information content (AvgIpc) is 3.32. The molecule has 0 N–H and O–H groups in total. The molecule has 162 valence electrons. The number of hydrogen-bond donors (Lipinski definition) is 0. The van der Waals surface area contributed by atoms with Gasteiger partial charge in [0.2, 0.25) is 5.91 Å². The van der Waals surface area contributed by atoms with Gasteiger partial charge in [-0.1, -0.05) is 11.3 Å². The number of carbonyl (C=O) groups is 1. The number of aryl methyl sites for hydroxylation is 1. The number of amides is 1. The first-order valence-electron chi connectivity index (χ1n) is 11.0. The van der Waals surface area contributed by atoms with Crippen LogP contribution >= 0.6 is 11.3 Å². The summed E-state index contributed by atoms with van der Waals surface area (Å²) in [6.45, 7) is 1.69. The van der Waals surface area contributed by atoms with Crippen LogP contribution in [-0.2, 0) is 11.2 Å². The molecule has 1 unspecified atom stereocenters. The molecule has 0 saturated carbocycles. The molecule has 2 aliphatic heterocycles. The first-order valence-corrected chi connectivity index (χ1v) is 11.8. The first kappa shape index (κ1) is 20.4. The summed E-state index contributed by atoms with van der Waals surface area (Å²) >= 11 is 1.54. The Morgan fingerprint density at radius 1 is 1.16 bits per heavy atom. The van der Waals surface area contributed by atoms with Crippen LogP contribution in [0.5, 0.6) is 0 Å². The molecule has 31 heavy (non-hydrogen) atoms. The molecule has 3 aromatic heterocycles. The largest absolute Gasteiger partial charge is 0.336 e. The van der Waals surface area contributed by atoms with Gasteiger partial charge < -0.3 is 4.90 Å². The molecule has 3 aromatic rings. The van der Waals surface area contributed by atoms with Crippen molar-refractivity contribution in [2.45, 2.75) is 64.0 Å². The van der Waals surface area contributed by atoms with E-state index in [0.29, 0.717) is 30.8 Å². The minimum Gasteiger partial charge on any atom is -0.336 e. The summed E-state index contributed by atoms with van der Waals surface area (Å²) in [5.41, 5.74) is 2.49. The molecule has 2 saturated heterocycles. The van der Waals surface area contributed by atoms with Gasteiger partial charge in [0.25, 0.3) is 0 Å². The van der Waals surface area contributed by atoms with E-state index in [4.69, 9.17) is 0 Å². The lowest BCUT2D eigenvalue weighted by molar-refractivity contribution is -0.135. The first-order chi connectivity index (χ1) is 15.1. The minimum atomic E-state index is -0.239. The third-order valence-corrected chi connectivity index (χ3v) is 7.48. The van der Waals surface area contributed by atoms with E-state index in [0.717, 1.165) is 64.3 Å². The topological polar surface area (TPSA) is 71.9 Å². The monoisotopic (exact) mass is 439 g/mol. The van der Waals surface area contributed by atoms with Crippen molar-refractivity contribution < 1.29 is 9.18 Å². The zero-order chi connectivity index (χ0) is 21.4. The van der Waals surface area contributed by atoms with Crippen molar-refractivity contribution in [1.29, 1.82) is 0 Å². The number of alkyl halides is 1. The smallest absolute Gasteiger partial charge is 0.229 e. The van der Waals surface area contributed by atoms with Gasteiger partial charge in [0.15, 0.2) is 0 Å². The van der Waals surface area contributed by atoms with E-state index in [1.54, 1.807) is 12.4 Å². The van der Waals surface area contributed by atoms with Crippen LogP contribution in [0.15, 0.2) is 24.5 Å². The number of piperidine rings is 1. The zero-order valence-corrected chi connectivity index (χ0v) is 18.4. The van der Waals surface area contributed by atoms with Crippen LogP contribution in [0.2, 0.25) is 0 Å². The fourth-order valence-corrected chi connectivity index (χ4v) is 5.92. The van der Waals surface area contributed by atoms with Crippen LogP contribution in [0.25, 0.3) is 21.5 Å². The average molecular weight is 440 g/mol. The van der Waals surface area contributed by atoms with Crippen molar-refractivity contribution in [3.8, 4) is 10.6 Å². The predicted molar refractivity (Wildman–Crippen MR) is 118 cm³/mol. The Morgan fingerprint density at radius 2 is 1.97 bits per heavy atom. The lowest BCUT2D eigenvalue weighted by Crippen LogP contribution is -2.47. The summed E-state index contributed by atoms with van der Waals surface area (Å²) in [6, 6.07) is 4.63. The van der Waals surface area contributed by atoms with Gasteiger partial charge in [-0.15, -0.1) is 10.2 Å². The molecule has 0 spiro atoms. The van der Waals surface area contributed by atoms with Gasteiger partial charge in [-0.2, -0.15) is 0 Å². The van der Waals surface area contributed by atoms with E-state index < -0.39 is 0 Å². The maximum atomic E-state index is 13.2. The molecule has 5 heterocycles. The van der Waals surface area contributed by atoms with Gasteiger partial charge in [0.05, 0.1) is 30.5 Å². The number of rotatable bonds is 6. The van der Waals surface area contributed by atoms with Crippen LogP contribution < -0.4 is 0 Å². The Labute approximate surface area is 184 Å². The summed E-state index contributed by atoms with van der Waals surface area (Å²) in [5.74, 6) is 0.719. The molecular weight excluding hydrogens is 413 g/mol. The fourth-order valence-electron chi connectivity index (χ4n) is 5.25. The third kappa shape index (κ3) is 4.18. The van der Waals surface area contributed by atoms with Crippen molar-refractivity contribution in [3.05, 3.63) is 35.2 Å². The summed E-state index contributed by atoms with van der Waals surface area (Å²) < 4.78 is 12.6. The molecule has 3 atom stereocenters. The summed E-state index contributed by atoms with van der Waals surface area (Å²) in [6.07, 6.45) is 9.60. The SMILES string of the molecule is Cc1nnc(-c2cnc3cnc(CC(=O)N4[C@@H]5CC[C@H]4CC(CCCF)C5)cc3c2)s1. The lowest BCUT2D eigenvalue weighted by atomic mass is 9.87. The Morgan fingerprint density at radius 3 is 2.68 bits per heavy atom. The van der Waals surface area contributed by atoms with E-state index in [9.17, 15) is 9.18 Å². The van der Waals surface area contributed by atoms with Crippen molar-refractivity contribution >= 4 is 28.1 Å². The van der Waals surface area contributed by atoms with Gasteiger partial charge in [-0.25, -0.2) is 0 Å². The molecule has 1 amide bonds. The zero-order valence-electron chi connectivity index (χ0n) is 17.6. The minimum absolute atomic E-state index is 0.159. The highest BCUT2D eigenvalue weighted by atomic mass is 32.1. The quantitative estimate of drug-likeness (QED) is 0.565. The Balaban J connectivity index is 1.31. The van der Waals surface area contributed by atoms with Gasteiger partial charge in [0.1, 0.15) is 10.0 Å². The molecule has 5 rings (SSSR count). The van der Waals surface area contributed by atoms with Gasteiger partial charge in [-0.3, -0.25) is 19.2 Å². The van der Waals surface area contributed by atoms with Gasteiger partial charge in [0, 0.05) is 29.2 Å². The predicted octanol–water partition coefficient (Wildman–Crippen LogP) is 4.52. The second-order valence-electron chi connectivity index (χ2n) is 8.75. The molecule has 8 heteroatoms. The van der Waals surface area contributed by atoms with Crippen LogP contribution in [0.4, 0.5) is 4.39 Å². The second-order valence-corrected chi connectivity index (χ2v) is 9.93.